The normalized spacial score (nSPS) is 10.7. The summed E-state index contributed by atoms with van der Waals surface area (Å²) in [4.78, 5) is 28.5. The highest BCUT2D eigenvalue weighted by molar-refractivity contribution is 7.99. The molecule has 0 saturated heterocycles. The number of ether oxygens (including phenoxy) is 1. The standard InChI is InChI=1S/C20H16N6O4S2/c1-25-11-21-24-20(25)32-17-8-5-13(9-16(17)26(28)29)18(27)23-19-22-15(10-31-19)12-3-6-14(30-2)7-4-12/h3-11H,1-2H3,(H,22,23,27). The van der Waals surface area contributed by atoms with Gasteiger partial charge in [0.2, 0.25) is 0 Å². The maximum absolute atomic E-state index is 12.7. The number of nitro benzene ring substituents is 1. The van der Waals surface area contributed by atoms with Gasteiger partial charge in [0.25, 0.3) is 11.6 Å². The summed E-state index contributed by atoms with van der Waals surface area (Å²) < 4.78 is 6.80. The molecule has 0 atom stereocenters. The van der Waals surface area contributed by atoms with Gasteiger partial charge in [-0.05, 0) is 48.2 Å². The molecule has 0 aliphatic carbocycles. The van der Waals surface area contributed by atoms with Crippen LogP contribution in [0.2, 0.25) is 0 Å². The number of carbonyl (C=O) groups is 1. The molecule has 4 rings (SSSR count). The Morgan fingerprint density at radius 3 is 2.69 bits per heavy atom. The number of nitrogens with one attached hydrogen (secondary N) is 1. The molecule has 32 heavy (non-hydrogen) atoms. The van der Waals surface area contributed by atoms with E-state index in [1.807, 2.05) is 29.6 Å². The second kappa shape index (κ2) is 9.16. The van der Waals surface area contributed by atoms with Gasteiger partial charge in [0.05, 0.1) is 22.6 Å². The van der Waals surface area contributed by atoms with Gasteiger partial charge in [0, 0.05) is 29.6 Å². The number of carbonyl (C=O) groups excluding carboxylic acids is 1. The van der Waals surface area contributed by atoms with E-state index in [2.05, 4.69) is 20.5 Å². The summed E-state index contributed by atoms with van der Waals surface area (Å²) in [7, 11) is 3.33. The Morgan fingerprint density at radius 2 is 2.03 bits per heavy atom. The van der Waals surface area contributed by atoms with Crippen LogP contribution in [0, 0.1) is 10.1 Å². The van der Waals surface area contributed by atoms with Gasteiger partial charge < -0.3 is 9.30 Å². The predicted octanol–water partition coefficient (Wildman–Crippen LogP) is 4.26. The zero-order valence-corrected chi connectivity index (χ0v) is 18.5. The minimum atomic E-state index is -0.527. The molecule has 0 radical (unpaired) electrons. The molecule has 2 heterocycles. The number of methoxy groups -OCH3 is 1. The van der Waals surface area contributed by atoms with Crippen LogP contribution in [0.25, 0.3) is 11.3 Å². The van der Waals surface area contributed by atoms with Crippen molar-refractivity contribution in [3.05, 3.63) is 69.8 Å². The minimum absolute atomic E-state index is 0.153. The van der Waals surface area contributed by atoms with E-state index in [9.17, 15) is 14.9 Å². The molecule has 0 bridgehead atoms. The first kappa shape index (κ1) is 21.5. The highest BCUT2D eigenvalue weighted by Gasteiger charge is 2.20. The second-order valence-corrected chi connectivity index (χ2v) is 8.35. The zero-order chi connectivity index (χ0) is 22.7. The fourth-order valence-electron chi connectivity index (χ4n) is 2.75. The van der Waals surface area contributed by atoms with Gasteiger partial charge in [-0.15, -0.1) is 21.5 Å². The molecule has 1 N–H and O–H groups in total. The number of aryl methyl sites for hydroxylation is 1. The first-order valence-electron chi connectivity index (χ1n) is 9.16. The molecule has 1 amide bonds. The number of thiazole rings is 1. The lowest BCUT2D eigenvalue weighted by Gasteiger charge is -2.06. The molecule has 2 aromatic heterocycles. The number of nitrogens with zero attached hydrogens (tertiary/aromatic N) is 5. The quantitative estimate of drug-likeness (QED) is 0.315. The smallest absolute Gasteiger partial charge is 0.284 e. The average Bonchev–Trinajstić information content (AvgIpc) is 3.43. The highest BCUT2D eigenvalue weighted by atomic mass is 32.2. The van der Waals surface area contributed by atoms with Gasteiger partial charge in [0.15, 0.2) is 10.3 Å². The van der Waals surface area contributed by atoms with E-state index in [1.165, 1.54) is 35.9 Å². The van der Waals surface area contributed by atoms with Gasteiger partial charge >= 0.3 is 0 Å². The Hall–Kier alpha value is -3.77. The van der Waals surface area contributed by atoms with E-state index in [1.54, 1.807) is 18.7 Å². The van der Waals surface area contributed by atoms with Crippen molar-refractivity contribution < 1.29 is 14.5 Å². The first-order chi connectivity index (χ1) is 15.4. The summed E-state index contributed by atoms with van der Waals surface area (Å²) in [5.41, 5.74) is 1.54. The monoisotopic (exact) mass is 468 g/mol. The number of benzene rings is 2. The third-order valence-electron chi connectivity index (χ3n) is 4.40. The summed E-state index contributed by atoms with van der Waals surface area (Å²) in [5.74, 6) is 0.249. The van der Waals surface area contributed by atoms with Gasteiger partial charge in [-0.2, -0.15) is 0 Å². The average molecular weight is 469 g/mol. The number of hydrogen-bond acceptors (Lipinski definition) is 9. The molecular formula is C20H16N6O4S2. The van der Waals surface area contributed by atoms with Crippen molar-refractivity contribution in [3.63, 3.8) is 0 Å². The van der Waals surface area contributed by atoms with Crippen LogP contribution in [0.5, 0.6) is 5.75 Å². The summed E-state index contributed by atoms with van der Waals surface area (Å²) in [5, 5.41) is 24.7. The molecule has 2 aromatic carbocycles. The largest absolute Gasteiger partial charge is 0.497 e. The number of rotatable bonds is 7. The van der Waals surface area contributed by atoms with Crippen LogP contribution in [0.15, 0.2) is 64.2 Å². The molecule has 10 nitrogen and oxygen atoms in total. The number of amides is 1. The molecule has 0 unspecified atom stereocenters. The second-order valence-electron chi connectivity index (χ2n) is 6.49. The molecular weight excluding hydrogens is 452 g/mol. The maximum atomic E-state index is 12.7. The third kappa shape index (κ3) is 4.60. The van der Waals surface area contributed by atoms with Gasteiger partial charge in [-0.1, -0.05) is 0 Å². The summed E-state index contributed by atoms with van der Waals surface area (Å²) in [6.45, 7) is 0. The first-order valence-corrected chi connectivity index (χ1v) is 10.9. The van der Waals surface area contributed by atoms with Crippen LogP contribution in [0.3, 0.4) is 0 Å². The van der Waals surface area contributed by atoms with E-state index in [-0.39, 0.29) is 11.3 Å². The van der Waals surface area contributed by atoms with Gasteiger partial charge in [-0.3, -0.25) is 20.2 Å². The van der Waals surface area contributed by atoms with Gasteiger partial charge in [0.1, 0.15) is 12.1 Å². The van der Waals surface area contributed by atoms with Crippen molar-refractivity contribution in [2.75, 3.05) is 12.4 Å². The molecule has 0 spiro atoms. The van der Waals surface area contributed by atoms with Crippen molar-refractivity contribution in [1.29, 1.82) is 0 Å². The van der Waals surface area contributed by atoms with Crippen molar-refractivity contribution >= 4 is 39.8 Å². The Labute approximate surface area is 190 Å². The van der Waals surface area contributed by atoms with Crippen LogP contribution < -0.4 is 10.1 Å². The van der Waals surface area contributed by atoms with Crippen molar-refractivity contribution in [1.82, 2.24) is 19.7 Å². The van der Waals surface area contributed by atoms with E-state index >= 15 is 0 Å². The van der Waals surface area contributed by atoms with Crippen molar-refractivity contribution in [2.45, 2.75) is 10.1 Å². The highest BCUT2D eigenvalue weighted by Crippen LogP contribution is 2.34. The van der Waals surface area contributed by atoms with Crippen LogP contribution in [0.1, 0.15) is 10.4 Å². The van der Waals surface area contributed by atoms with Crippen LogP contribution in [-0.2, 0) is 7.05 Å². The third-order valence-corrected chi connectivity index (χ3v) is 6.27. The van der Waals surface area contributed by atoms with Gasteiger partial charge in [-0.25, -0.2) is 4.98 Å². The molecule has 0 saturated carbocycles. The lowest BCUT2D eigenvalue weighted by molar-refractivity contribution is -0.387. The summed E-state index contributed by atoms with van der Waals surface area (Å²) in [6.07, 6.45) is 1.50. The molecule has 4 aromatic rings. The topological polar surface area (TPSA) is 125 Å². The van der Waals surface area contributed by atoms with E-state index in [0.29, 0.717) is 20.9 Å². The molecule has 162 valence electrons. The maximum Gasteiger partial charge on any atom is 0.284 e. The molecule has 0 aliphatic heterocycles. The van der Waals surface area contributed by atoms with Crippen LogP contribution in [-0.4, -0.2) is 37.7 Å². The summed E-state index contributed by atoms with van der Waals surface area (Å²) >= 11 is 2.37. The SMILES string of the molecule is COc1ccc(-c2csc(NC(=O)c3ccc(Sc4nncn4C)c([N+](=O)[O-])c3)n2)cc1. The fourth-order valence-corrected chi connectivity index (χ4v) is 4.31. The molecule has 12 heteroatoms. The fraction of sp³-hybridized carbons (Fsp3) is 0.100. The Morgan fingerprint density at radius 1 is 1.25 bits per heavy atom. The van der Waals surface area contributed by atoms with Crippen LogP contribution >= 0.6 is 23.1 Å². The molecule has 0 aliphatic rings. The summed E-state index contributed by atoms with van der Waals surface area (Å²) in [6, 6.07) is 11.7. The van der Waals surface area contributed by atoms with E-state index in [4.69, 9.17) is 4.74 Å². The minimum Gasteiger partial charge on any atom is -0.497 e. The Balaban J connectivity index is 1.52. The Bertz CT molecular complexity index is 1290. The lowest BCUT2D eigenvalue weighted by Crippen LogP contribution is -2.12. The van der Waals surface area contributed by atoms with Crippen molar-refractivity contribution in [2.24, 2.45) is 7.05 Å². The number of anilines is 1. The molecule has 0 fully saturated rings. The van der Waals surface area contributed by atoms with Crippen LogP contribution in [0.4, 0.5) is 10.8 Å². The van der Waals surface area contributed by atoms with E-state index in [0.717, 1.165) is 23.1 Å². The Kier molecular flexibility index (Phi) is 6.14. The van der Waals surface area contributed by atoms with E-state index < -0.39 is 10.8 Å². The zero-order valence-electron chi connectivity index (χ0n) is 16.9. The predicted molar refractivity (Wildman–Crippen MR) is 120 cm³/mol. The number of nitro groups is 1. The van der Waals surface area contributed by atoms with Crippen molar-refractivity contribution in [3.8, 4) is 17.0 Å². The number of hydrogen-bond donors (Lipinski definition) is 1. The lowest BCUT2D eigenvalue weighted by atomic mass is 10.2. The number of aromatic nitrogens is 4.